The molecule has 0 unspecified atom stereocenters. The largest absolute Gasteiger partial charge is 0.388 e. The Labute approximate surface area is 104 Å². The van der Waals surface area contributed by atoms with Crippen LogP contribution in [0.25, 0.3) is 0 Å². The van der Waals surface area contributed by atoms with Crippen LogP contribution < -0.4 is 5.32 Å². The van der Waals surface area contributed by atoms with E-state index < -0.39 is 5.60 Å². The molecule has 0 atom stereocenters. The third kappa shape index (κ3) is 4.79. The standard InChI is InChI=1S/C14H23NO2/c1-4-5-6-12(16)15-11-14(17)9-7-13(2,3)8-10-14/h1,17H,5-11H2,2-3H3,(H,15,16). The van der Waals surface area contributed by atoms with Crippen LogP contribution in [0.3, 0.4) is 0 Å². The molecule has 17 heavy (non-hydrogen) atoms. The van der Waals surface area contributed by atoms with E-state index in [-0.39, 0.29) is 5.91 Å². The minimum absolute atomic E-state index is 0.0683. The summed E-state index contributed by atoms with van der Waals surface area (Å²) in [6.07, 6.45) is 9.42. The van der Waals surface area contributed by atoms with E-state index in [4.69, 9.17) is 6.42 Å². The molecule has 1 rings (SSSR count). The van der Waals surface area contributed by atoms with E-state index in [0.29, 0.717) is 24.8 Å². The highest BCUT2D eigenvalue weighted by molar-refractivity contribution is 5.76. The third-order valence-electron chi connectivity index (χ3n) is 3.65. The summed E-state index contributed by atoms with van der Waals surface area (Å²) in [4.78, 5) is 11.4. The summed E-state index contributed by atoms with van der Waals surface area (Å²) in [7, 11) is 0. The number of terminal acetylenes is 1. The highest BCUT2D eigenvalue weighted by Gasteiger charge is 2.36. The van der Waals surface area contributed by atoms with Crippen molar-refractivity contribution in [3.05, 3.63) is 0 Å². The average Bonchev–Trinajstić information content (AvgIpc) is 2.29. The van der Waals surface area contributed by atoms with Gasteiger partial charge < -0.3 is 10.4 Å². The molecule has 1 amide bonds. The smallest absolute Gasteiger partial charge is 0.221 e. The van der Waals surface area contributed by atoms with Crippen LogP contribution in [0.5, 0.6) is 0 Å². The zero-order valence-corrected chi connectivity index (χ0v) is 10.9. The number of carbonyl (C=O) groups is 1. The molecule has 0 aromatic carbocycles. The first-order chi connectivity index (χ1) is 7.87. The Morgan fingerprint density at radius 1 is 1.35 bits per heavy atom. The Morgan fingerprint density at radius 2 is 1.94 bits per heavy atom. The van der Waals surface area contributed by atoms with Crippen LogP contribution in [-0.2, 0) is 4.79 Å². The minimum atomic E-state index is -0.721. The second kappa shape index (κ2) is 5.55. The van der Waals surface area contributed by atoms with Gasteiger partial charge in [-0.15, -0.1) is 12.3 Å². The van der Waals surface area contributed by atoms with Gasteiger partial charge in [-0.2, -0.15) is 0 Å². The van der Waals surface area contributed by atoms with Crippen LogP contribution in [0, 0.1) is 17.8 Å². The van der Waals surface area contributed by atoms with Crippen LogP contribution in [-0.4, -0.2) is 23.2 Å². The van der Waals surface area contributed by atoms with Crippen molar-refractivity contribution in [2.24, 2.45) is 5.41 Å². The predicted octanol–water partition coefficient (Wildman–Crippen LogP) is 1.85. The van der Waals surface area contributed by atoms with E-state index in [1.54, 1.807) is 0 Å². The number of nitrogens with one attached hydrogen (secondary N) is 1. The lowest BCUT2D eigenvalue weighted by atomic mass is 9.71. The summed E-state index contributed by atoms with van der Waals surface area (Å²) in [6.45, 7) is 4.79. The van der Waals surface area contributed by atoms with E-state index in [1.165, 1.54) is 0 Å². The molecule has 3 heteroatoms. The van der Waals surface area contributed by atoms with Gasteiger partial charge in [0.1, 0.15) is 0 Å². The number of aliphatic hydroxyl groups is 1. The monoisotopic (exact) mass is 237 g/mol. The van der Waals surface area contributed by atoms with Crippen LogP contribution in [0.2, 0.25) is 0 Å². The van der Waals surface area contributed by atoms with Crippen molar-refractivity contribution in [3.8, 4) is 12.3 Å². The lowest BCUT2D eigenvalue weighted by Crippen LogP contribution is -2.46. The van der Waals surface area contributed by atoms with Crippen molar-refractivity contribution in [3.63, 3.8) is 0 Å². The van der Waals surface area contributed by atoms with Crippen LogP contribution in [0.4, 0.5) is 0 Å². The molecule has 1 fully saturated rings. The molecular weight excluding hydrogens is 214 g/mol. The average molecular weight is 237 g/mol. The summed E-state index contributed by atoms with van der Waals surface area (Å²) in [6, 6.07) is 0. The van der Waals surface area contributed by atoms with Crippen molar-refractivity contribution in [1.29, 1.82) is 0 Å². The second-order valence-electron chi connectivity index (χ2n) is 5.87. The highest BCUT2D eigenvalue weighted by Crippen LogP contribution is 2.39. The van der Waals surface area contributed by atoms with E-state index in [9.17, 15) is 9.90 Å². The molecule has 1 aliphatic rings. The Kier molecular flexibility index (Phi) is 4.59. The lowest BCUT2D eigenvalue weighted by molar-refractivity contribution is -0.123. The first kappa shape index (κ1) is 14.1. The minimum Gasteiger partial charge on any atom is -0.388 e. The van der Waals surface area contributed by atoms with Gasteiger partial charge >= 0.3 is 0 Å². The molecule has 3 nitrogen and oxygen atoms in total. The van der Waals surface area contributed by atoms with Crippen molar-refractivity contribution in [1.82, 2.24) is 5.32 Å². The van der Waals surface area contributed by atoms with Crippen molar-refractivity contribution in [2.75, 3.05) is 6.54 Å². The van der Waals surface area contributed by atoms with Gasteiger partial charge in [-0.25, -0.2) is 0 Å². The lowest BCUT2D eigenvalue weighted by Gasteiger charge is -2.40. The summed E-state index contributed by atoms with van der Waals surface area (Å²) in [5.74, 6) is 2.37. The molecule has 0 radical (unpaired) electrons. The normalized spacial score (nSPS) is 21.5. The highest BCUT2D eigenvalue weighted by atomic mass is 16.3. The van der Waals surface area contributed by atoms with Gasteiger partial charge in [0, 0.05) is 19.4 Å². The number of hydrogen-bond donors (Lipinski definition) is 2. The molecule has 0 spiro atoms. The van der Waals surface area contributed by atoms with Crippen LogP contribution >= 0.6 is 0 Å². The number of hydrogen-bond acceptors (Lipinski definition) is 2. The number of carbonyl (C=O) groups excluding carboxylic acids is 1. The summed E-state index contributed by atoms with van der Waals surface area (Å²) < 4.78 is 0. The maximum atomic E-state index is 11.4. The first-order valence-electron chi connectivity index (χ1n) is 6.29. The van der Waals surface area contributed by atoms with Crippen LogP contribution in [0.15, 0.2) is 0 Å². The molecule has 0 saturated heterocycles. The fraction of sp³-hybridized carbons (Fsp3) is 0.786. The van der Waals surface area contributed by atoms with Crippen molar-refractivity contribution in [2.45, 2.75) is 58.0 Å². The number of amides is 1. The molecule has 96 valence electrons. The fourth-order valence-electron chi connectivity index (χ4n) is 2.11. The molecular formula is C14H23NO2. The van der Waals surface area contributed by atoms with Gasteiger partial charge in [0.2, 0.25) is 5.91 Å². The molecule has 1 aliphatic carbocycles. The maximum absolute atomic E-state index is 11.4. The van der Waals surface area contributed by atoms with Crippen molar-refractivity contribution >= 4 is 5.91 Å². The molecule has 1 saturated carbocycles. The topological polar surface area (TPSA) is 49.3 Å². The van der Waals surface area contributed by atoms with Gasteiger partial charge in [-0.1, -0.05) is 13.8 Å². The first-order valence-corrected chi connectivity index (χ1v) is 6.29. The quantitative estimate of drug-likeness (QED) is 0.733. The molecule has 2 N–H and O–H groups in total. The SMILES string of the molecule is C#CCCC(=O)NCC1(O)CCC(C)(C)CC1. The third-order valence-corrected chi connectivity index (χ3v) is 3.65. The molecule has 0 heterocycles. The molecule has 0 aromatic heterocycles. The second-order valence-corrected chi connectivity index (χ2v) is 5.87. The fourth-order valence-corrected chi connectivity index (χ4v) is 2.11. The van der Waals surface area contributed by atoms with E-state index in [0.717, 1.165) is 25.7 Å². The molecule has 0 bridgehead atoms. The Bertz CT molecular complexity index is 305. The van der Waals surface area contributed by atoms with Crippen molar-refractivity contribution < 1.29 is 9.90 Å². The Morgan fingerprint density at radius 3 is 2.47 bits per heavy atom. The van der Waals surface area contributed by atoms with Gasteiger partial charge in [-0.3, -0.25) is 4.79 Å². The van der Waals surface area contributed by atoms with Gasteiger partial charge in [0.15, 0.2) is 0 Å². The zero-order valence-electron chi connectivity index (χ0n) is 10.9. The number of rotatable bonds is 4. The van der Waals surface area contributed by atoms with E-state index >= 15 is 0 Å². The van der Waals surface area contributed by atoms with E-state index in [1.807, 2.05) is 0 Å². The molecule has 0 aliphatic heterocycles. The predicted molar refractivity (Wildman–Crippen MR) is 68.3 cm³/mol. The zero-order chi connectivity index (χ0) is 12.9. The maximum Gasteiger partial charge on any atom is 0.221 e. The Balaban J connectivity index is 2.32. The van der Waals surface area contributed by atoms with Gasteiger partial charge in [0.25, 0.3) is 0 Å². The summed E-state index contributed by atoms with van der Waals surface area (Å²) in [5.41, 5.74) is -0.402. The van der Waals surface area contributed by atoms with Gasteiger partial charge in [0.05, 0.1) is 5.60 Å². The van der Waals surface area contributed by atoms with Crippen LogP contribution in [0.1, 0.15) is 52.4 Å². The van der Waals surface area contributed by atoms with E-state index in [2.05, 4.69) is 25.1 Å². The van der Waals surface area contributed by atoms with Gasteiger partial charge in [-0.05, 0) is 31.1 Å². The molecule has 0 aromatic rings. The Hall–Kier alpha value is -1.01. The summed E-state index contributed by atoms with van der Waals surface area (Å²) in [5, 5.41) is 13.1. The summed E-state index contributed by atoms with van der Waals surface area (Å²) >= 11 is 0.